The van der Waals surface area contributed by atoms with E-state index < -0.39 is 0 Å². The number of aliphatic hydroxyl groups is 2. The van der Waals surface area contributed by atoms with Crippen molar-refractivity contribution in [3.63, 3.8) is 0 Å². The Labute approximate surface area is 145 Å². The van der Waals surface area contributed by atoms with Crippen LogP contribution in [0.4, 0.5) is 0 Å². The summed E-state index contributed by atoms with van der Waals surface area (Å²) < 4.78 is 9.91. The zero-order chi connectivity index (χ0) is 17.9. The van der Waals surface area contributed by atoms with Gasteiger partial charge in [-0.15, -0.1) is 0 Å². The molecule has 2 N–H and O–H groups in total. The summed E-state index contributed by atoms with van der Waals surface area (Å²) in [5.41, 5.74) is 0. The van der Waals surface area contributed by atoms with Gasteiger partial charge in [0.25, 0.3) is 0 Å². The van der Waals surface area contributed by atoms with Crippen LogP contribution < -0.4 is 0 Å². The second-order valence-electron chi connectivity index (χ2n) is 5.92. The topological polar surface area (TPSA) is 93.1 Å². The largest absolute Gasteiger partial charge is 0.466 e. The highest BCUT2D eigenvalue weighted by atomic mass is 16.5. The number of ether oxygens (including phenoxy) is 2. The van der Waals surface area contributed by atoms with Crippen LogP contribution in [0.3, 0.4) is 0 Å². The Morgan fingerprint density at radius 3 is 1.21 bits per heavy atom. The number of hydrogen-bond donors (Lipinski definition) is 2. The highest BCUT2D eigenvalue weighted by Crippen LogP contribution is 2.11. The molecule has 0 rings (SSSR count). The van der Waals surface area contributed by atoms with Crippen LogP contribution in [0.5, 0.6) is 0 Å². The fourth-order valence-corrected chi connectivity index (χ4v) is 2.24. The normalized spacial score (nSPS) is 10.6. The van der Waals surface area contributed by atoms with Gasteiger partial charge in [-0.25, -0.2) is 0 Å². The zero-order valence-electron chi connectivity index (χ0n) is 14.8. The molecule has 0 fully saturated rings. The van der Waals surface area contributed by atoms with Gasteiger partial charge in [-0.1, -0.05) is 38.5 Å². The van der Waals surface area contributed by atoms with Crippen LogP contribution in [0.15, 0.2) is 0 Å². The van der Waals surface area contributed by atoms with Gasteiger partial charge in [-0.2, -0.15) is 0 Å². The van der Waals surface area contributed by atoms with E-state index in [9.17, 15) is 9.59 Å². The fourth-order valence-electron chi connectivity index (χ4n) is 2.24. The molecule has 0 atom stereocenters. The average Bonchev–Trinajstić information content (AvgIpc) is 2.57. The second kappa shape index (κ2) is 18.2. The fraction of sp³-hybridized carbons (Fsp3) is 0.889. The minimum Gasteiger partial charge on any atom is -0.466 e. The Kier molecular flexibility index (Phi) is 17.3. The predicted octanol–water partition coefficient (Wildman–Crippen LogP) is 2.74. The second-order valence-corrected chi connectivity index (χ2v) is 5.92. The van der Waals surface area contributed by atoms with Crippen molar-refractivity contribution in [1.82, 2.24) is 0 Å². The Hall–Kier alpha value is -1.14. The molecule has 0 aliphatic rings. The predicted molar refractivity (Wildman–Crippen MR) is 91.5 cm³/mol. The maximum absolute atomic E-state index is 11.3. The van der Waals surface area contributed by atoms with E-state index in [1.165, 1.54) is 0 Å². The molecule has 0 bridgehead atoms. The first kappa shape index (κ1) is 22.9. The van der Waals surface area contributed by atoms with Gasteiger partial charge in [-0.3, -0.25) is 9.59 Å². The van der Waals surface area contributed by atoms with Crippen LogP contribution in [0.25, 0.3) is 0 Å². The smallest absolute Gasteiger partial charge is 0.305 e. The summed E-state index contributed by atoms with van der Waals surface area (Å²) in [5.74, 6) is -0.344. The highest BCUT2D eigenvalue weighted by Gasteiger charge is 2.03. The Morgan fingerprint density at radius 1 is 0.542 bits per heavy atom. The van der Waals surface area contributed by atoms with E-state index in [2.05, 4.69) is 0 Å². The SMILES string of the molecule is O=C(CCCCCCCCCCC(=O)OCCCO)OCCCO. The molecular formula is C18H34O6. The summed E-state index contributed by atoms with van der Waals surface area (Å²) in [6.45, 7) is 0.727. The lowest BCUT2D eigenvalue weighted by atomic mass is 10.1. The first-order valence-electron chi connectivity index (χ1n) is 9.23. The molecule has 0 aromatic carbocycles. The van der Waals surface area contributed by atoms with Crippen molar-refractivity contribution >= 4 is 11.9 Å². The highest BCUT2D eigenvalue weighted by molar-refractivity contribution is 5.69. The van der Waals surface area contributed by atoms with Crippen molar-refractivity contribution in [1.29, 1.82) is 0 Å². The van der Waals surface area contributed by atoms with Crippen molar-refractivity contribution < 1.29 is 29.3 Å². The molecule has 24 heavy (non-hydrogen) atoms. The minimum absolute atomic E-state index is 0.0537. The quantitative estimate of drug-likeness (QED) is 0.311. The zero-order valence-corrected chi connectivity index (χ0v) is 14.8. The molecule has 0 spiro atoms. The Bertz CT molecular complexity index is 276. The molecule has 0 saturated carbocycles. The van der Waals surface area contributed by atoms with Crippen LogP contribution in [-0.2, 0) is 19.1 Å². The summed E-state index contributed by atoms with van der Waals surface area (Å²) in [6.07, 6.45) is 10.3. The van der Waals surface area contributed by atoms with E-state index in [1.54, 1.807) is 0 Å². The summed E-state index contributed by atoms with van der Waals surface area (Å²) >= 11 is 0. The van der Waals surface area contributed by atoms with E-state index in [4.69, 9.17) is 19.7 Å². The monoisotopic (exact) mass is 346 g/mol. The maximum Gasteiger partial charge on any atom is 0.305 e. The van der Waals surface area contributed by atoms with Crippen molar-refractivity contribution in [2.45, 2.75) is 77.0 Å². The Morgan fingerprint density at radius 2 is 0.875 bits per heavy atom. The first-order chi connectivity index (χ1) is 11.7. The third-order valence-corrected chi connectivity index (χ3v) is 3.64. The lowest BCUT2D eigenvalue weighted by Crippen LogP contribution is -2.06. The number of esters is 2. The summed E-state index contributed by atoms with van der Waals surface area (Å²) in [7, 11) is 0. The molecule has 0 saturated heterocycles. The van der Waals surface area contributed by atoms with Gasteiger partial charge in [0, 0.05) is 38.9 Å². The molecular weight excluding hydrogens is 312 g/mol. The number of aliphatic hydroxyl groups excluding tert-OH is 2. The molecule has 6 heteroatoms. The van der Waals surface area contributed by atoms with Gasteiger partial charge in [0.15, 0.2) is 0 Å². The molecule has 0 heterocycles. The summed E-state index contributed by atoms with van der Waals surface area (Å²) in [5, 5.41) is 17.2. The maximum atomic E-state index is 11.3. The van der Waals surface area contributed by atoms with Gasteiger partial charge in [0.1, 0.15) is 0 Å². The van der Waals surface area contributed by atoms with Gasteiger partial charge < -0.3 is 19.7 Å². The van der Waals surface area contributed by atoms with E-state index in [1.807, 2.05) is 0 Å². The number of rotatable bonds is 17. The van der Waals surface area contributed by atoms with Crippen LogP contribution in [-0.4, -0.2) is 48.6 Å². The lowest BCUT2D eigenvalue weighted by Gasteiger charge is -2.05. The lowest BCUT2D eigenvalue weighted by molar-refractivity contribution is -0.145. The molecule has 0 aliphatic carbocycles. The van der Waals surface area contributed by atoms with Gasteiger partial charge in [0.2, 0.25) is 0 Å². The summed E-state index contributed by atoms with van der Waals surface area (Å²) in [4.78, 5) is 22.6. The van der Waals surface area contributed by atoms with E-state index in [-0.39, 0.29) is 25.2 Å². The first-order valence-corrected chi connectivity index (χ1v) is 9.23. The van der Waals surface area contributed by atoms with Crippen LogP contribution in [0.1, 0.15) is 77.0 Å². The molecule has 6 nitrogen and oxygen atoms in total. The molecule has 0 aliphatic heterocycles. The van der Waals surface area contributed by atoms with Gasteiger partial charge >= 0.3 is 11.9 Å². The van der Waals surface area contributed by atoms with E-state index >= 15 is 0 Å². The number of hydrogen-bond acceptors (Lipinski definition) is 6. The van der Waals surface area contributed by atoms with E-state index in [0.29, 0.717) is 38.9 Å². The van der Waals surface area contributed by atoms with Gasteiger partial charge in [0.05, 0.1) is 13.2 Å². The van der Waals surface area contributed by atoms with Gasteiger partial charge in [-0.05, 0) is 12.8 Å². The number of carbonyl (C=O) groups is 2. The minimum atomic E-state index is -0.172. The van der Waals surface area contributed by atoms with Crippen LogP contribution in [0.2, 0.25) is 0 Å². The van der Waals surface area contributed by atoms with Crippen molar-refractivity contribution in [2.24, 2.45) is 0 Å². The van der Waals surface area contributed by atoms with Crippen molar-refractivity contribution in [3.8, 4) is 0 Å². The molecule has 0 amide bonds. The van der Waals surface area contributed by atoms with Crippen molar-refractivity contribution in [2.75, 3.05) is 26.4 Å². The molecule has 0 aromatic rings. The molecule has 0 aromatic heterocycles. The van der Waals surface area contributed by atoms with Crippen LogP contribution >= 0.6 is 0 Å². The molecule has 142 valence electrons. The third-order valence-electron chi connectivity index (χ3n) is 3.64. The third kappa shape index (κ3) is 17.2. The van der Waals surface area contributed by atoms with Crippen LogP contribution in [0, 0.1) is 0 Å². The van der Waals surface area contributed by atoms with Crippen molar-refractivity contribution in [3.05, 3.63) is 0 Å². The number of unbranched alkanes of at least 4 members (excludes halogenated alkanes) is 7. The van der Waals surface area contributed by atoms with E-state index in [0.717, 1.165) is 51.4 Å². The average molecular weight is 346 g/mol. The molecule has 0 radical (unpaired) electrons. The Balaban J connectivity index is 3.20. The standard InChI is InChI=1S/C18H34O6/c19-13-9-15-23-17(21)11-7-5-3-1-2-4-6-8-12-18(22)24-16-10-14-20/h19-20H,1-16H2. The number of carbonyl (C=O) groups excluding carboxylic acids is 2. The molecule has 0 unspecified atom stereocenters. The summed E-state index contributed by atoms with van der Waals surface area (Å²) in [6, 6.07) is 0.